The fraction of sp³-hybridized carbons (Fsp3) is 0.286. The van der Waals surface area contributed by atoms with Gasteiger partial charge in [0.05, 0.1) is 0 Å². The first-order chi connectivity index (χ1) is 8.94. The van der Waals surface area contributed by atoms with Gasteiger partial charge in [0.15, 0.2) is 0 Å². The molecule has 0 spiro atoms. The first-order valence-electron chi connectivity index (χ1n) is 6.01. The van der Waals surface area contributed by atoms with Crippen molar-refractivity contribution in [1.82, 2.24) is 9.97 Å². The van der Waals surface area contributed by atoms with E-state index in [1.165, 1.54) is 12.1 Å². The Morgan fingerprint density at radius 2 is 2.05 bits per heavy atom. The highest BCUT2D eigenvalue weighted by molar-refractivity contribution is 9.10. The Morgan fingerprint density at radius 1 is 1.32 bits per heavy atom. The summed E-state index contributed by atoms with van der Waals surface area (Å²) < 4.78 is 14.6. The molecule has 1 heterocycles. The molecule has 2 aromatic rings. The second-order valence-corrected chi connectivity index (χ2v) is 6.18. The maximum atomic E-state index is 13.4. The van der Waals surface area contributed by atoms with Gasteiger partial charge < -0.3 is 4.98 Å². The number of hydrogen-bond acceptors (Lipinski definition) is 2. The van der Waals surface area contributed by atoms with Gasteiger partial charge in [0, 0.05) is 15.7 Å². The van der Waals surface area contributed by atoms with Crippen LogP contribution >= 0.6 is 28.1 Å². The lowest BCUT2D eigenvalue weighted by molar-refractivity contribution is 0.626. The van der Waals surface area contributed by atoms with Gasteiger partial charge in [0.1, 0.15) is 16.3 Å². The van der Waals surface area contributed by atoms with Crippen molar-refractivity contribution in [3.63, 3.8) is 0 Å². The minimum atomic E-state index is -0.306. The van der Waals surface area contributed by atoms with Crippen LogP contribution in [-0.2, 0) is 6.42 Å². The van der Waals surface area contributed by atoms with E-state index in [2.05, 4.69) is 39.7 Å². The lowest BCUT2D eigenvalue weighted by Crippen LogP contribution is -2.00. The molecule has 0 unspecified atom stereocenters. The zero-order valence-electron chi connectivity index (χ0n) is 10.7. The van der Waals surface area contributed by atoms with Gasteiger partial charge in [-0.2, -0.15) is 0 Å². The molecule has 100 valence electrons. The second-order valence-electron chi connectivity index (χ2n) is 4.85. The zero-order valence-corrected chi connectivity index (χ0v) is 13.1. The average molecular weight is 341 g/mol. The van der Waals surface area contributed by atoms with Crippen molar-refractivity contribution in [3.8, 4) is 11.4 Å². The fourth-order valence-electron chi connectivity index (χ4n) is 1.88. The van der Waals surface area contributed by atoms with Gasteiger partial charge >= 0.3 is 0 Å². The molecule has 0 atom stereocenters. The Morgan fingerprint density at radius 3 is 2.68 bits per heavy atom. The van der Waals surface area contributed by atoms with Gasteiger partial charge in [-0.15, -0.1) is 0 Å². The summed E-state index contributed by atoms with van der Waals surface area (Å²) in [6.07, 6.45) is 0.885. The summed E-state index contributed by atoms with van der Waals surface area (Å²) in [5.74, 6) is 0.809. The van der Waals surface area contributed by atoms with E-state index in [-0.39, 0.29) is 5.82 Å². The predicted molar refractivity (Wildman–Crippen MR) is 81.1 cm³/mol. The molecule has 0 aliphatic rings. The van der Waals surface area contributed by atoms with Crippen molar-refractivity contribution in [3.05, 3.63) is 44.9 Å². The Labute approximate surface area is 125 Å². The number of aromatic nitrogens is 2. The van der Waals surface area contributed by atoms with Crippen molar-refractivity contribution in [2.45, 2.75) is 20.3 Å². The van der Waals surface area contributed by atoms with Crippen LogP contribution in [0.4, 0.5) is 4.39 Å². The lowest BCUT2D eigenvalue weighted by atomic mass is 10.1. The van der Waals surface area contributed by atoms with Crippen molar-refractivity contribution in [1.29, 1.82) is 0 Å². The molecule has 0 amide bonds. The number of nitrogens with zero attached hydrogens (tertiary/aromatic N) is 1. The normalized spacial score (nSPS) is 11.0. The third-order valence-electron chi connectivity index (χ3n) is 2.56. The largest absolute Gasteiger partial charge is 0.343 e. The van der Waals surface area contributed by atoms with Crippen molar-refractivity contribution >= 4 is 28.1 Å². The van der Waals surface area contributed by atoms with E-state index in [0.29, 0.717) is 26.4 Å². The predicted octanol–water partition coefficient (Wildman–Crippen LogP) is 4.91. The SMILES string of the molecule is CC(C)Cc1cc(=S)nc(-c2cc(F)cc(Br)c2)[nH]1. The van der Waals surface area contributed by atoms with Crippen LogP contribution in [0, 0.1) is 16.4 Å². The van der Waals surface area contributed by atoms with Crippen LogP contribution in [0.3, 0.4) is 0 Å². The van der Waals surface area contributed by atoms with Crippen LogP contribution in [0.2, 0.25) is 0 Å². The van der Waals surface area contributed by atoms with E-state index in [0.717, 1.165) is 12.1 Å². The van der Waals surface area contributed by atoms with E-state index >= 15 is 0 Å². The molecule has 0 aliphatic heterocycles. The molecule has 0 bridgehead atoms. The van der Waals surface area contributed by atoms with E-state index < -0.39 is 0 Å². The van der Waals surface area contributed by atoms with Crippen LogP contribution in [0.1, 0.15) is 19.5 Å². The monoisotopic (exact) mass is 340 g/mol. The quantitative estimate of drug-likeness (QED) is 0.804. The maximum Gasteiger partial charge on any atom is 0.139 e. The van der Waals surface area contributed by atoms with Crippen molar-refractivity contribution < 1.29 is 4.39 Å². The van der Waals surface area contributed by atoms with E-state index in [1.807, 2.05) is 12.1 Å². The summed E-state index contributed by atoms with van der Waals surface area (Å²) in [7, 11) is 0. The molecular formula is C14H14BrFN2S. The van der Waals surface area contributed by atoms with Crippen LogP contribution in [-0.4, -0.2) is 9.97 Å². The highest BCUT2D eigenvalue weighted by Crippen LogP contribution is 2.22. The molecule has 19 heavy (non-hydrogen) atoms. The summed E-state index contributed by atoms with van der Waals surface area (Å²) in [5.41, 5.74) is 1.70. The average Bonchev–Trinajstić information content (AvgIpc) is 2.25. The Bertz CT molecular complexity index is 632. The van der Waals surface area contributed by atoms with Crippen LogP contribution in [0.5, 0.6) is 0 Å². The molecule has 1 aromatic heterocycles. The summed E-state index contributed by atoms with van der Waals surface area (Å²) in [6.45, 7) is 4.27. The molecule has 5 heteroatoms. The van der Waals surface area contributed by atoms with Gasteiger partial charge in [-0.25, -0.2) is 9.37 Å². The number of nitrogens with one attached hydrogen (secondary N) is 1. The minimum absolute atomic E-state index is 0.306. The first kappa shape index (κ1) is 14.3. The van der Waals surface area contributed by atoms with Crippen LogP contribution < -0.4 is 0 Å². The number of benzene rings is 1. The number of aromatic amines is 1. The van der Waals surface area contributed by atoms with Gasteiger partial charge in [0.25, 0.3) is 0 Å². The van der Waals surface area contributed by atoms with E-state index in [9.17, 15) is 4.39 Å². The van der Waals surface area contributed by atoms with Crippen LogP contribution in [0.15, 0.2) is 28.7 Å². The zero-order chi connectivity index (χ0) is 14.0. The Balaban J connectivity index is 2.49. The molecule has 0 fully saturated rings. The standard InChI is InChI=1S/C14H14BrFN2S/c1-8(2)3-12-7-13(19)18-14(17-12)9-4-10(15)6-11(16)5-9/h4-8H,3H2,1-2H3,(H,17,18,19). The Hall–Kier alpha value is -1.07. The molecule has 0 saturated heterocycles. The summed E-state index contributed by atoms with van der Waals surface area (Å²) in [4.78, 5) is 7.49. The van der Waals surface area contributed by atoms with Crippen molar-refractivity contribution in [2.24, 2.45) is 5.92 Å². The summed E-state index contributed by atoms with van der Waals surface area (Å²) >= 11 is 8.45. The smallest absolute Gasteiger partial charge is 0.139 e. The molecule has 1 N–H and O–H groups in total. The third-order valence-corrected chi connectivity index (χ3v) is 3.23. The van der Waals surface area contributed by atoms with Gasteiger partial charge in [-0.05, 0) is 36.6 Å². The topological polar surface area (TPSA) is 28.7 Å². The lowest BCUT2D eigenvalue weighted by Gasteiger charge is -2.08. The second kappa shape index (κ2) is 5.92. The third kappa shape index (κ3) is 3.94. The Kier molecular flexibility index (Phi) is 4.47. The number of halogens is 2. The molecule has 0 aliphatic carbocycles. The molecule has 1 aromatic carbocycles. The highest BCUT2D eigenvalue weighted by Gasteiger charge is 2.06. The molecule has 0 saturated carbocycles. The highest BCUT2D eigenvalue weighted by atomic mass is 79.9. The summed E-state index contributed by atoms with van der Waals surface area (Å²) in [5, 5.41) is 0. The molecule has 2 nitrogen and oxygen atoms in total. The van der Waals surface area contributed by atoms with Crippen molar-refractivity contribution in [2.75, 3.05) is 0 Å². The number of rotatable bonds is 3. The first-order valence-corrected chi connectivity index (χ1v) is 7.21. The van der Waals surface area contributed by atoms with Gasteiger partial charge in [-0.1, -0.05) is 42.0 Å². The fourth-order valence-corrected chi connectivity index (χ4v) is 2.58. The van der Waals surface area contributed by atoms with E-state index in [1.54, 1.807) is 0 Å². The molecule has 2 rings (SSSR count). The molecule has 0 radical (unpaired) electrons. The van der Waals surface area contributed by atoms with E-state index in [4.69, 9.17) is 12.2 Å². The minimum Gasteiger partial charge on any atom is -0.343 e. The molecular weight excluding hydrogens is 327 g/mol. The van der Waals surface area contributed by atoms with Gasteiger partial charge in [0.2, 0.25) is 0 Å². The van der Waals surface area contributed by atoms with Gasteiger partial charge in [-0.3, -0.25) is 0 Å². The number of H-pyrrole nitrogens is 1. The number of hydrogen-bond donors (Lipinski definition) is 1. The van der Waals surface area contributed by atoms with Crippen LogP contribution in [0.25, 0.3) is 11.4 Å². The maximum absolute atomic E-state index is 13.4. The summed E-state index contributed by atoms with van der Waals surface area (Å²) in [6, 6.07) is 6.52.